The molecule has 2 rings (SSSR count). The minimum atomic E-state index is -0.383. The highest BCUT2D eigenvalue weighted by Gasteiger charge is 2.14. The molecule has 1 heterocycles. The maximum absolute atomic E-state index is 11.1. The number of thioether (sulfide) groups is 1. The van der Waals surface area contributed by atoms with Crippen LogP contribution in [0.5, 0.6) is 0 Å². The van der Waals surface area contributed by atoms with Crippen LogP contribution in [-0.4, -0.2) is 11.8 Å². The number of para-hydroxylation sites is 1. The van der Waals surface area contributed by atoms with Crippen molar-refractivity contribution in [1.29, 1.82) is 0 Å². The first-order valence-electron chi connectivity index (χ1n) is 4.23. The fraction of sp³-hybridized carbons (Fsp3) is 0.100. The molecule has 0 spiro atoms. The van der Waals surface area contributed by atoms with Gasteiger partial charge in [-0.05, 0) is 17.5 Å². The summed E-state index contributed by atoms with van der Waals surface area (Å²) < 4.78 is 0. The van der Waals surface area contributed by atoms with Gasteiger partial charge in [0.1, 0.15) is 0 Å². The Kier molecular flexibility index (Phi) is 2.45. The first kappa shape index (κ1) is 9.15. The van der Waals surface area contributed by atoms with Crippen LogP contribution in [0.4, 0.5) is 5.69 Å². The standard InChI is InChI=1S/C10H10N2OS/c11-10(13)8-3-1-2-4-9(8)12-5-6-14-7-12/h1-6H,7H2,(H2,11,13). The Balaban J connectivity index is 2.40. The summed E-state index contributed by atoms with van der Waals surface area (Å²) >= 11 is 1.69. The molecule has 0 saturated heterocycles. The number of primary amides is 1. The van der Waals surface area contributed by atoms with Gasteiger partial charge in [0, 0.05) is 6.20 Å². The van der Waals surface area contributed by atoms with Gasteiger partial charge >= 0.3 is 0 Å². The van der Waals surface area contributed by atoms with Crippen LogP contribution in [0.1, 0.15) is 10.4 Å². The second kappa shape index (κ2) is 3.75. The molecule has 2 N–H and O–H groups in total. The van der Waals surface area contributed by atoms with Crippen LogP contribution in [0.15, 0.2) is 35.9 Å². The van der Waals surface area contributed by atoms with Crippen molar-refractivity contribution < 1.29 is 4.79 Å². The van der Waals surface area contributed by atoms with E-state index in [0.717, 1.165) is 11.6 Å². The van der Waals surface area contributed by atoms with E-state index in [1.165, 1.54) is 0 Å². The number of carbonyl (C=O) groups excluding carboxylic acids is 1. The second-order valence-corrected chi connectivity index (χ2v) is 3.80. The molecule has 1 aliphatic heterocycles. The van der Waals surface area contributed by atoms with E-state index in [2.05, 4.69) is 0 Å². The van der Waals surface area contributed by atoms with Gasteiger partial charge in [-0.3, -0.25) is 4.79 Å². The fourth-order valence-corrected chi connectivity index (χ4v) is 2.07. The summed E-state index contributed by atoms with van der Waals surface area (Å²) in [7, 11) is 0. The van der Waals surface area contributed by atoms with Crippen LogP contribution < -0.4 is 10.6 Å². The number of anilines is 1. The van der Waals surface area contributed by atoms with Crippen molar-refractivity contribution in [3.05, 3.63) is 41.4 Å². The first-order valence-corrected chi connectivity index (χ1v) is 5.27. The number of benzene rings is 1. The number of hydrogen-bond donors (Lipinski definition) is 1. The molecule has 1 aromatic rings. The summed E-state index contributed by atoms with van der Waals surface area (Å²) in [6.07, 6.45) is 1.95. The van der Waals surface area contributed by atoms with E-state index < -0.39 is 0 Å². The molecule has 14 heavy (non-hydrogen) atoms. The smallest absolute Gasteiger partial charge is 0.250 e. The van der Waals surface area contributed by atoms with Crippen LogP contribution in [0.25, 0.3) is 0 Å². The highest BCUT2D eigenvalue weighted by Crippen LogP contribution is 2.26. The normalized spacial score (nSPS) is 14.7. The van der Waals surface area contributed by atoms with Crippen LogP contribution in [0.2, 0.25) is 0 Å². The van der Waals surface area contributed by atoms with Crippen molar-refractivity contribution in [2.24, 2.45) is 5.73 Å². The van der Waals surface area contributed by atoms with Crippen molar-refractivity contribution in [3.63, 3.8) is 0 Å². The van der Waals surface area contributed by atoms with Gasteiger partial charge in [0.15, 0.2) is 0 Å². The minimum absolute atomic E-state index is 0.383. The van der Waals surface area contributed by atoms with E-state index in [9.17, 15) is 4.79 Å². The number of hydrogen-bond acceptors (Lipinski definition) is 3. The molecule has 0 aliphatic carbocycles. The van der Waals surface area contributed by atoms with Gasteiger partial charge in [-0.2, -0.15) is 0 Å². The van der Waals surface area contributed by atoms with Crippen molar-refractivity contribution in [1.82, 2.24) is 0 Å². The van der Waals surface area contributed by atoms with Crippen molar-refractivity contribution in [3.8, 4) is 0 Å². The molecule has 0 unspecified atom stereocenters. The van der Waals surface area contributed by atoms with Crippen LogP contribution in [0, 0.1) is 0 Å². The van der Waals surface area contributed by atoms with Crippen LogP contribution in [-0.2, 0) is 0 Å². The Morgan fingerprint density at radius 2 is 2.21 bits per heavy atom. The molecule has 0 bridgehead atoms. The zero-order valence-corrected chi connectivity index (χ0v) is 8.33. The molecule has 1 amide bonds. The topological polar surface area (TPSA) is 46.3 Å². The van der Waals surface area contributed by atoms with Crippen molar-refractivity contribution >= 4 is 23.4 Å². The third-order valence-corrected chi connectivity index (χ3v) is 2.77. The molecule has 3 nitrogen and oxygen atoms in total. The largest absolute Gasteiger partial charge is 0.366 e. The summed E-state index contributed by atoms with van der Waals surface area (Å²) in [6.45, 7) is 0. The van der Waals surface area contributed by atoms with Crippen LogP contribution in [0.3, 0.4) is 0 Å². The average molecular weight is 206 g/mol. The molecule has 1 aromatic carbocycles. The Hall–Kier alpha value is -1.42. The van der Waals surface area contributed by atoms with Crippen molar-refractivity contribution in [2.75, 3.05) is 10.8 Å². The van der Waals surface area contributed by atoms with E-state index in [0.29, 0.717) is 5.56 Å². The number of nitrogens with zero attached hydrogens (tertiary/aromatic N) is 1. The maximum Gasteiger partial charge on any atom is 0.250 e. The molecular formula is C10H10N2OS. The quantitative estimate of drug-likeness (QED) is 0.802. The lowest BCUT2D eigenvalue weighted by atomic mass is 10.1. The highest BCUT2D eigenvalue weighted by atomic mass is 32.2. The fourth-order valence-electron chi connectivity index (χ4n) is 1.37. The number of rotatable bonds is 2. The predicted octanol–water partition coefficient (Wildman–Crippen LogP) is 1.77. The third-order valence-electron chi connectivity index (χ3n) is 2.03. The van der Waals surface area contributed by atoms with Crippen LogP contribution >= 0.6 is 11.8 Å². The van der Waals surface area contributed by atoms with Gasteiger partial charge < -0.3 is 10.6 Å². The lowest BCUT2D eigenvalue weighted by Crippen LogP contribution is -2.19. The first-order chi connectivity index (χ1) is 6.79. The van der Waals surface area contributed by atoms with E-state index in [1.54, 1.807) is 17.8 Å². The van der Waals surface area contributed by atoms with E-state index in [1.807, 2.05) is 34.7 Å². The van der Waals surface area contributed by atoms with E-state index in [-0.39, 0.29) is 5.91 Å². The van der Waals surface area contributed by atoms with Crippen molar-refractivity contribution in [2.45, 2.75) is 0 Å². The van der Waals surface area contributed by atoms with Gasteiger partial charge in [-0.25, -0.2) is 0 Å². The SMILES string of the molecule is NC(=O)c1ccccc1N1C=CSC1. The Labute approximate surface area is 86.6 Å². The maximum atomic E-state index is 11.1. The third kappa shape index (κ3) is 1.61. The monoisotopic (exact) mass is 206 g/mol. The highest BCUT2D eigenvalue weighted by molar-refractivity contribution is 8.02. The van der Waals surface area contributed by atoms with Gasteiger partial charge in [-0.15, -0.1) is 11.8 Å². The second-order valence-electron chi connectivity index (χ2n) is 2.93. The summed E-state index contributed by atoms with van der Waals surface area (Å²) in [4.78, 5) is 13.1. The van der Waals surface area contributed by atoms with Gasteiger partial charge in [0.05, 0.1) is 17.1 Å². The number of carbonyl (C=O) groups is 1. The van der Waals surface area contributed by atoms with Gasteiger partial charge in [0.2, 0.25) is 0 Å². The Bertz CT molecular complexity index is 389. The molecule has 72 valence electrons. The molecular weight excluding hydrogens is 196 g/mol. The van der Waals surface area contributed by atoms with Gasteiger partial charge in [0.25, 0.3) is 5.91 Å². The molecule has 0 saturated carbocycles. The zero-order chi connectivity index (χ0) is 9.97. The molecule has 0 atom stereocenters. The lowest BCUT2D eigenvalue weighted by Gasteiger charge is -2.17. The van der Waals surface area contributed by atoms with E-state index >= 15 is 0 Å². The Morgan fingerprint density at radius 3 is 2.86 bits per heavy atom. The molecule has 0 radical (unpaired) electrons. The van der Waals surface area contributed by atoms with E-state index in [4.69, 9.17) is 5.73 Å². The average Bonchev–Trinajstić information content (AvgIpc) is 2.70. The number of amides is 1. The summed E-state index contributed by atoms with van der Waals surface area (Å²) in [5, 5.41) is 2.00. The molecule has 0 aromatic heterocycles. The number of nitrogens with two attached hydrogens (primary N) is 1. The molecule has 1 aliphatic rings. The van der Waals surface area contributed by atoms with Gasteiger partial charge in [-0.1, -0.05) is 12.1 Å². The minimum Gasteiger partial charge on any atom is -0.366 e. The summed E-state index contributed by atoms with van der Waals surface area (Å²) in [5.41, 5.74) is 6.73. The molecule has 4 heteroatoms. The zero-order valence-electron chi connectivity index (χ0n) is 7.51. The summed E-state index contributed by atoms with van der Waals surface area (Å²) in [5.74, 6) is 0.454. The molecule has 0 fully saturated rings. The summed E-state index contributed by atoms with van der Waals surface area (Å²) in [6, 6.07) is 7.36. The Morgan fingerprint density at radius 1 is 1.43 bits per heavy atom. The predicted molar refractivity (Wildman–Crippen MR) is 59.0 cm³/mol. The lowest BCUT2D eigenvalue weighted by molar-refractivity contribution is 0.100.